The third-order valence-electron chi connectivity index (χ3n) is 1.86. The Morgan fingerprint density at radius 2 is 2.06 bits per heavy atom. The highest BCUT2D eigenvalue weighted by Crippen LogP contribution is 2.16. The van der Waals surface area contributed by atoms with Gasteiger partial charge in [0.25, 0.3) is 0 Å². The molecule has 90 valence electrons. The summed E-state index contributed by atoms with van der Waals surface area (Å²) in [5.74, 6) is -0.560. The summed E-state index contributed by atoms with van der Waals surface area (Å²) >= 11 is 5.50. The predicted molar refractivity (Wildman–Crippen MR) is 61.4 cm³/mol. The van der Waals surface area contributed by atoms with Gasteiger partial charge in [-0.15, -0.1) is 11.6 Å². The summed E-state index contributed by atoms with van der Waals surface area (Å²) in [6.07, 6.45) is 0. The van der Waals surface area contributed by atoms with Gasteiger partial charge in [-0.05, 0) is 32.0 Å². The first kappa shape index (κ1) is 13.4. The van der Waals surface area contributed by atoms with E-state index in [1.807, 2.05) is 0 Å². The van der Waals surface area contributed by atoms with Crippen LogP contribution in [0.5, 0.6) is 0 Å². The highest BCUT2D eigenvalue weighted by Gasteiger charge is 2.16. The number of halogens is 2. The van der Waals surface area contributed by atoms with Gasteiger partial charge >= 0.3 is 0 Å². The first-order chi connectivity index (χ1) is 7.36. The predicted octanol–water partition coefficient (Wildman–Crippen LogP) is 2.25. The molecular weight excluding hydrogens is 253 g/mol. The van der Waals surface area contributed by atoms with Crippen molar-refractivity contribution >= 4 is 21.6 Å². The number of hydrogen-bond donors (Lipinski definition) is 1. The normalized spacial score (nSPS) is 12.1. The zero-order valence-electron chi connectivity index (χ0n) is 9.00. The molecule has 0 unspecified atom stereocenters. The van der Waals surface area contributed by atoms with E-state index in [4.69, 9.17) is 11.6 Å². The number of sulfonamides is 1. The van der Waals surface area contributed by atoms with Gasteiger partial charge in [-0.25, -0.2) is 17.5 Å². The molecule has 1 aromatic carbocycles. The largest absolute Gasteiger partial charge is 0.240 e. The van der Waals surface area contributed by atoms with Crippen LogP contribution in [0.15, 0.2) is 23.1 Å². The van der Waals surface area contributed by atoms with E-state index in [1.165, 1.54) is 12.1 Å². The lowest BCUT2D eigenvalue weighted by atomic mass is 10.2. The van der Waals surface area contributed by atoms with Crippen molar-refractivity contribution in [1.82, 2.24) is 4.72 Å². The number of alkyl halides is 1. The molecule has 0 aliphatic rings. The Morgan fingerprint density at radius 1 is 1.44 bits per heavy atom. The van der Waals surface area contributed by atoms with Gasteiger partial charge in [0.2, 0.25) is 10.0 Å². The van der Waals surface area contributed by atoms with Gasteiger partial charge in [0, 0.05) is 11.6 Å². The Kier molecular flexibility index (Phi) is 4.29. The molecule has 1 rings (SSSR count). The molecule has 0 saturated heterocycles. The monoisotopic (exact) mass is 265 g/mol. The van der Waals surface area contributed by atoms with Crippen LogP contribution in [-0.2, 0) is 15.9 Å². The van der Waals surface area contributed by atoms with Crippen LogP contribution in [0.3, 0.4) is 0 Å². The summed E-state index contributed by atoms with van der Waals surface area (Å²) in [7, 11) is -3.58. The highest BCUT2D eigenvalue weighted by molar-refractivity contribution is 7.89. The van der Waals surface area contributed by atoms with E-state index in [0.717, 1.165) is 6.07 Å². The average Bonchev–Trinajstić information content (AvgIpc) is 2.16. The fourth-order valence-electron chi connectivity index (χ4n) is 1.20. The maximum Gasteiger partial charge on any atom is 0.240 e. The van der Waals surface area contributed by atoms with Crippen molar-refractivity contribution in [3.05, 3.63) is 29.6 Å². The Balaban J connectivity index is 3.14. The molecule has 0 bridgehead atoms. The fourth-order valence-corrected chi connectivity index (χ4v) is 2.71. The number of rotatable bonds is 4. The summed E-state index contributed by atoms with van der Waals surface area (Å²) in [6.45, 7) is 3.42. The van der Waals surface area contributed by atoms with E-state index in [9.17, 15) is 12.8 Å². The Hall–Kier alpha value is -0.650. The highest BCUT2D eigenvalue weighted by atomic mass is 35.5. The SMILES string of the molecule is CC(C)NS(=O)(=O)c1ccc(F)c(CCl)c1. The van der Waals surface area contributed by atoms with Crippen molar-refractivity contribution in [2.24, 2.45) is 0 Å². The summed E-state index contributed by atoms with van der Waals surface area (Å²) in [4.78, 5) is 0.0262. The third-order valence-corrected chi connectivity index (χ3v) is 3.81. The first-order valence-corrected chi connectivity index (χ1v) is 6.75. The molecular formula is C10H13ClFNO2S. The van der Waals surface area contributed by atoms with E-state index in [-0.39, 0.29) is 22.4 Å². The minimum atomic E-state index is -3.58. The minimum absolute atomic E-state index is 0.0262. The standard InChI is InChI=1S/C10H13ClFNO2S/c1-7(2)13-16(14,15)9-3-4-10(12)8(5-9)6-11/h3-5,7,13H,6H2,1-2H3. The molecule has 6 heteroatoms. The molecule has 0 radical (unpaired) electrons. The molecule has 1 N–H and O–H groups in total. The van der Waals surface area contributed by atoms with Gasteiger partial charge in [-0.2, -0.15) is 0 Å². The van der Waals surface area contributed by atoms with Crippen LogP contribution in [0.1, 0.15) is 19.4 Å². The maximum atomic E-state index is 13.1. The lowest BCUT2D eigenvalue weighted by Gasteiger charge is -2.10. The van der Waals surface area contributed by atoms with E-state index >= 15 is 0 Å². The number of nitrogens with one attached hydrogen (secondary N) is 1. The average molecular weight is 266 g/mol. The van der Waals surface area contributed by atoms with Gasteiger partial charge in [0.05, 0.1) is 10.8 Å². The van der Waals surface area contributed by atoms with Gasteiger partial charge in [-0.3, -0.25) is 0 Å². The maximum absolute atomic E-state index is 13.1. The van der Waals surface area contributed by atoms with Crippen LogP contribution in [0.4, 0.5) is 4.39 Å². The molecule has 0 aliphatic carbocycles. The third kappa shape index (κ3) is 3.17. The van der Waals surface area contributed by atoms with Crippen LogP contribution in [0.2, 0.25) is 0 Å². The van der Waals surface area contributed by atoms with Crippen molar-refractivity contribution in [1.29, 1.82) is 0 Å². The summed E-state index contributed by atoms with van der Waals surface area (Å²) in [5, 5.41) is 0. The van der Waals surface area contributed by atoms with Crippen LogP contribution < -0.4 is 4.72 Å². The zero-order valence-corrected chi connectivity index (χ0v) is 10.6. The molecule has 0 saturated carbocycles. The molecule has 3 nitrogen and oxygen atoms in total. The Morgan fingerprint density at radius 3 is 2.56 bits per heavy atom. The molecule has 0 fully saturated rings. The van der Waals surface area contributed by atoms with Gasteiger partial charge in [-0.1, -0.05) is 0 Å². The second-order valence-electron chi connectivity index (χ2n) is 3.66. The molecule has 1 aromatic rings. The van der Waals surface area contributed by atoms with Crippen molar-refractivity contribution in [3.8, 4) is 0 Å². The zero-order chi connectivity index (χ0) is 12.3. The molecule has 16 heavy (non-hydrogen) atoms. The smallest absolute Gasteiger partial charge is 0.209 e. The molecule has 0 heterocycles. The number of hydrogen-bond acceptors (Lipinski definition) is 2. The lowest BCUT2D eigenvalue weighted by Crippen LogP contribution is -2.30. The van der Waals surface area contributed by atoms with Crippen molar-refractivity contribution in [2.45, 2.75) is 30.7 Å². The van der Waals surface area contributed by atoms with Crippen LogP contribution in [0, 0.1) is 5.82 Å². The molecule has 0 aliphatic heterocycles. The van der Waals surface area contributed by atoms with Gasteiger partial charge in [0.1, 0.15) is 5.82 Å². The van der Waals surface area contributed by atoms with Crippen molar-refractivity contribution in [3.63, 3.8) is 0 Å². The Bertz CT molecular complexity index is 474. The van der Waals surface area contributed by atoms with E-state index in [0.29, 0.717) is 0 Å². The first-order valence-electron chi connectivity index (χ1n) is 4.73. The van der Waals surface area contributed by atoms with Gasteiger partial charge < -0.3 is 0 Å². The molecule has 0 amide bonds. The molecule has 0 spiro atoms. The van der Waals surface area contributed by atoms with Gasteiger partial charge in [0.15, 0.2) is 0 Å². The lowest BCUT2D eigenvalue weighted by molar-refractivity contribution is 0.568. The fraction of sp³-hybridized carbons (Fsp3) is 0.400. The number of benzene rings is 1. The van der Waals surface area contributed by atoms with E-state index in [1.54, 1.807) is 13.8 Å². The van der Waals surface area contributed by atoms with Crippen LogP contribution >= 0.6 is 11.6 Å². The van der Waals surface area contributed by atoms with Crippen LogP contribution in [-0.4, -0.2) is 14.5 Å². The quantitative estimate of drug-likeness (QED) is 0.849. The summed E-state index contributed by atoms with van der Waals surface area (Å²) in [6, 6.07) is 3.35. The Labute approximate surface area is 99.7 Å². The second kappa shape index (κ2) is 5.12. The van der Waals surface area contributed by atoms with E-state index in [2.05, 4.69) is 4.72 Å². The summed E-state index contributed by atoms with van der Waals surface area (Å²) in [5.41, 5.74) is 0.174. The molecule has 0 aromatic heterocycles. The molecule has 0 atom stereocenters. The topological polar surface area (TPSA) is 46.2 Å². The van der Waals surface area contributed by atoms with Crippen LogP contribution in [0.25, 0.3) is 0 Å². The van der Waals surface area contributed by atoms with E-state index < -0.39 is 15.8 Å². The minimum Gasteiger partial charge on any atom is -0.209 e. The van der Waals surface area contributed by atoms with Crippen molar-refractivity contribution < 1.29 is 12.8 Å². The second-order valence-corrected chi connectivity index (χ2v) is 5.64. The summed E-state index contributed by atoms with van der Waals surface area (Å²) < 4.78 is 39.0. The van der Waals surface area contributed by atoms with Crippen molar-refractivity contribution in [2.75, 3.05) is 0 Å².